The third-order valence-electron chi connectivity index (χ3n) is 8.54. The number of aromatic nitrogens is 1. The first kappa shape index (κ1) is 24.2. The van der Waals surface area contributed by atoms with E-state index in [4.69, 9.17) is 0 Å². The lowest BCUT2D eigenvalue weighted by Crippen LogP contribution is -2.10. The molecule has 3 heteroatoms. The van der Waals surface area contributed by atoms with E-state index in [9.17, 15) is 0 Å². The lowest BCUT2D eigenvalue weighted by Gasteiger charge is -2.26. The Kier molecular flexibility index (Phi) is 5.40. The number of para-hydroxylation sites is 2. The van der Waals surface area contributed by atoms with E-state index in [1.807, 2.05) is 11.3 Å². The summed E-state index contributed by atoms with van der Waals surface area (Å²) in [6.45, 7) is 0. The van der Waals surface area contributed by atoms with Crippen molar-refractivity contribution in [3.8, 4) is 5.69 Å². The van der Waals surface area contributed by atoms with Crippen LogP contribution in [0.25, 0.3) is 58.4 Å². The molecule has 2 nitrogen and oxygen atoms in total. The normalized spacial score (nSPS) is 11.7. The number of hydrogen-bond donors (Lipinski definition) is 0. The van der Waals surface area contributed by atoms with Gasteiger partial charge in [0.15, 0.2) is 0 Å². The molecule has 7 aromatic carbocycles. The smallest absolute Gasteiger partial charge is 0.0562 e. The first-order chi connectivity index (χ1) is 21.3. The molecule has 0 aliphatic heterocycles. The fraction of sp³-hybridized carbons (Fsp3) is 0. The lowest BCUT2D eigenvalue weighted by atomic mass is 10.1. The molecule has 0 unspecified atom stereocenters. The Morgan fingerprint density at radius 3 is 1.98 bits per heavy atom. The van der Waals surface area contributed by atoms with Crippen LogP contribution in [-0.4, -0.2) is 4.57 Å². The van der Waals surface area contributed by atoms with Crippen LogP contribution in [0.5, 0.6) is 0 Å². The summed E-state index contributed by atoms with van der Waals surface area (Å²) in [7, 11) is 0. The molecule has 0 aliphatic carbocycles. The number of fused-ring (bicyclic) bond motifs is 8. The van der Waals surface area contributed by atoms with Crippen molar-refractivity contribution < 1.29 is 0 Å². The minimum Gasteiger partial charge on any atom is -0.310 e. The van der Waals surface area contributed by atoms with Gasteiger partial charge in [-0.2, -0.15) is 0 Å². The van der Waals surface area contributed by atoms with Crippen LogP contribution in [0.4, 0.5) is 17.1 Å². The van der Waals surface area contributed by atoms with Gasteiger partial charge in [-0.25, -0.2) is 0 Å². The molecule has 0 bridgehead atoms. The first-order valence-corrected chi connectivity index (χ1v) is 15.4. The van der Waals surface area contributed by atoms with Crippen molar-refractivity contribution in [1.82, 2.24) is 4.57 Å². The van der Waals surface area contributed by atoms with E-state index in [0.717, 1.165) is 22.7 Å². The van der Waals surface area contributed by atoms with E-state index in [-0.39, 0.29) is 0 Å². The second-order valence-corrected chi connectivity index (χ2v) is 12.1. The van der Waals surface area contributed by atoms with Gasteiger partial charge in [-0.15, -0.1) is 11.3 Å². The van der Waals surface area contributed by atoms with Crippen molar-refractivity contribution in [2.24, 2.45) is 0 Å². The highest BCUT2D eigenvalue weighted by molar-refractivity contribution is 7.26. The second kappa shape index (κ2) is 9.59. The van der Waals surface area contributed by atoms with Gasteiger partial charge >= 0.3 is 0 Å². The monoisotopic (exact) mass is 566 g/mol. The van der Waals surface area contributed by atoms with Gasteiger partial charge in [0.1, 0.15) is 0 Å². The molecule has 9 rings (SSSR count). The minimum absolute atomic E-state index is 1.13. The number of benzene rings is 7. The molecule has 2 aromatic heterocycles. The summed E-state index contributed by atoms with van der Waals surface area (Å²) in [5.41, 5.74) is 6.99. The Morgan fingerprint density at radius 1 is 0.442 bits per heavy atom. The fourth-order valence-electron chi connectivity index (χ4n) is 6.61. The van der Waals surface area contributed by atoms with Gasteiger partial charge in [0.25, 0.3) is 0 Å². The van der Waals surface area contributed by atoms with Gasteiger partial charge in [0, 0.05) is 53.7 Å². The van der Waals surface area contributed by atoms with Crippen LogP contribution in [0.3, 0.4) is 0 Å². The van der Waals surface area contributed by atoms with Gasteiger partial charge in [0.05, 0.1) is 11.0 Å². The average Bonchev–Trinajstić information content (AvgIpc) is 3.61. The quantitative estimate of drug-likeness (QED) is 0.206. The van der Waals surface area contributed by atoms with Gasteiger partial charge in [-0.1, -0.05) is 97.1 Å². The fourth-order valence-corrected chi connectivity index (χ4v) is 7.86. The largest absolute Gasteiger partial charge is 0.310 e. The summed E-state index contributed by atoms with van der Waals surface area (Å²) >= 11 is 1.90. The maximum Gasteiger partial charge on any atom is 0.0562 e. The Hall–Kier alpha value is -5.38. The molecule has 0 atom stereocenters. The van der Waals surface area contributed by atoms with Gasteiger partial charge in [-0.3, -0.25) is 0 Å². The summed E-state index contributed by atoms with van der Waals surface area (Å²) in [5, 5.41) is 7.71. The predicted octanol–water partition coefficient (Wildman–Crippen LogP) is 11.8. The molecule has 43 heavy (non-hydrogen) atoms. The Bertz CT molecular complexity index is 2450. The van der Waals surface area contributed by atoms with E-state index in [1.165, 1.54) is 52.8 Å². The zero-order chi connectivity index (χ0) is 28.3. The van der Waals surface area contributed by atoms with Gasteiger partial charge in [0.2, 0.25) is 0 Å². The van der Waals surface area contributed by atoms with Crippen LogP contribution in [0.2, 0.25) is 0 Å². The van der Waals surface area contributed by atoms with E-state index >= 15 is 0 Å². The van der Waals surface area contributed by atoms with Crippen molar-refractivity contribution in [3.63, 3.8) is 0 Å². The molecule has 0 saturated carbocycles. The van der Waals surface area contributed by atoms with E-state index in [2.05, 4.69) is 167 Å². The summed E-state index contributed by atoms with van der Waals surface area (Å²) in [6, 6.07) is 57.1. The SMILES string of the molecule is c1ccc(N(c2ccc3ccccc3c2)c2ccc3c4c5sc6ccccc6c5ccc4n(-c4ccccc4)c3c2)cc1. The zero-order valence-corrected chi connectivity index (χ0v) is 24.1. The van der Waals surface area contributed by atoms with Crippen LogP contribution in [0.1, 0.15) is 0 Å². The number of nitrogens with zero attached hydrogens (tertiary/aromatic N) is 2. The molecule has 0 amide bonds. The molecule has 202 valence electrons. The Morgan fingerprint density at radius 2 is 1.12 bits per heavy atom. The van der Waals surface area contributed by atoms with E-state index in [1.54, 1.807) is 0 Å². The van der Waals surface area contributed by atoms with Crippen molar-refractivity contribution in [3.05, 3.63) is 158 Å². The average molecular weight is 567 g/mol. The summed E-state index contributed by atoms with van der Waals surface area (Å²) in [4.78, 5) is 2.37. The van der Waals surface area contributed by atoms with Crippen LogP contribution in [0.15, 0.2) is 158 Å². The summed E-state index contributed by atoms with van der Waals surface area (Å²) < 4.78 is 5.11. The molecular formula is C40H26N2S. The zero-order valence-electron chi connectivity index (χ0n) is 23.3. The third kappa shape index (κ3) is 3.79. The summed E-state index contributed by atoms with van der Waals surface area (Å²) in [5.74, 6) is 0. The molecule has 0 radical (unpaired) electrons. The standard InChI is InChI=1S/C40H26N2S/c1-3-13-29(14-4-1)41(31-20-19-27-11-7-8-12-28(27)25-31)32-21-22-35-37(26-32)42(30-15-5-2-6-16-30)36-24-23-34-33-17-9-10-18-38(33)43-40(34)39(35)36/h1-26H. The number of hydrogen-bond acceptors (Lipinski definition) is 2. The number of anilines is 3. The molecular weight excluding hydrogens is 541 g/mol. The van der Waals surface area contributed by atoms with Crippen LogP contribution in [-0.2, 0) is 0 Å². The van der Waals surface area contributed by atoms with E-state index in [0.29, 0.717) is 0 Å². The Balaban J connectivity index is 1.36. The number of thiophene rings is 1. The highest BCUT2D eigenvalue weighted by Crippen LogP contribution is 2.45. The highest BCUT2D eigenvalue weighted by Gasteiger charge is 2.20. The molecule has 9 aromatic rings. The van der Waals surface area contributed by atoms with Crippen LogP contribution >= 0.6 is 11.3 Å². The minimum atomic E-state index is 1.13. The molecule has 0 spiro atoms. The predicted molar refractivity (Wildman–Crippen MR) is 186 cm³/mol. The molecule has 0 N–H and O–H groups in total. The maximum atomic E-state index is 2.43. The maximum absolute atomic E-state index is 2.43. The molecule has 0 aliphatic rings. The molecule has 0 fully saturated rings. The second-order valence-electron chi connectivity index (χ2n) is 11.0. The molecule has 2 heterocycles. The van der Waals surface area contributed by atoms with Crippen molar-refractivity contribution in [1.29, 1.82) is 0 Å². The third-order valence-corrected chi connectivity index (χ3v) is 9.74. The van der Waals surface area contributed by atoms with Crippen molar-refractivity contribution in [2.75, 3.05) is 4.90 Å². The van der Waals surface area contributed by atoms with Crippen molar-refractivity contribution >= 4 is 81.1 Å². The van der Waals surface area contributed by atoms with Gasteiger partial charge in [-0.05, 0) is 71.4 Å². The van der Waals surface area contributed by atoms with E-state index < -0.39 is 0 Å². The highest BCUT2D eigenvalue weighted by atomic mass is 32.1. The van der Waals surface area contributed by atoms with Crippen LogP contribution < -0.4 is 4.90 Å². The number of rotatable bonds is 4. The first-order valence-electron chi connectivity index (χ1n) is 14.6. The lowest BCUT2D eigenvalue weighted by molar-refractivity contribution is 1.18. The summed E-state index contributed by atoms with van der Waals surface area (Å²) in [6.07, 6.45) is 0. The van der Waals surface area contributed by atoms with Crippen molar-refractivity contribution in [2.45, 2.75) is 0 Å². The Labute approximate surface area is 253 Å². The topological polar surface area (TPSA) is 8.17 Å². The van der Waals surface area contributed by atoms with Gasteiger partial charge < -0.3 is 9.47 Å². The van der Waals surface area contributed by atoms with Crippen LogP contribution in [0, 0.1) is 0 Å². The molecule has 0 saturated heterocycles.